The molecule has 36 heavy (non-hydrogen) atoms. The van der Waals surface area contributed by atoms with Crippen molar-refractivity contribution < 1.29 is 19.1 Å². The number of nitrogens with zero attached hydrogens (tertiary/aromatic N) is 1. The fourth-order valence-electron chi connectivity index (χ4n) is 5.31. The maximum Gasteiger partial charge on any atom is 0.341 e. The van der Waals surface area contributed by atoms with Crippen LogP contribution in [0.2, 0.25) is 0 Å². The van der Waals surface area contributed by atoms with E-state index < -0.39 is 17.3 Å². The van der Waals surface area contributed by atoms with Crippen LogP contribution in [0.3, 0.4) is 0 Å². The van der Waals surface area contributed by atoms with Gasteiger partial charge in [0.1, 0.15) is 5.03 Å². The molecule has 0 aliphatic heterocycles. The first-order valence-electron chi connectivity index (χ1n) is 13.5. The van der Waals surface area contributed by atoms with Crippen LogP contribution in [0.15, 0.2) is 23.4 Å². The lowest BCUT2D eigenvalue weighted by Crippen LogP contribution is -2.47. The van der Waals surface area contributed by atoms with Crippen LogP contribution in [0.4, 0.5) is 0 Å². The standard InChI is InChI=1S/C28H43N3O4S/c1-16-10-7-13-23(18(16)3)30-25(32)20(5)35-28(34)22-12-9-15-29-27(22)36-21(6)26(33)31-24-14-8-11-17(2)19(24)4/h9,12,15-21,23-24H,7-8,10-11,13-14H2,1-6H3,(H,30,32)(H,31,33)/t16-,17-,18+,19+,20+,21+,23-,24-/m1/s1. The molecule has 2 aliphatic carbocycles. The number of nitrogens with one attached hydrogen (secondary N) is 2. The average Bonchev–Trinajstić information content (AvgIpc) is 2.85. The van der Waals surface area contributed by atoms with E-state index >= 15 is 0 Å². The van der Waals surface area contributed by atoms with Crippen LogP contribution >= 0.6 is 11.8 Å². The first-order valence-corrected chi connectivity index (χ1v) is 14.4. The number of aromatic nitrogens is 1. The second-order valence-corrected chi connectivity index (χ2v) is 12.3. The Bertz CT molecular complexity index is 926. The SMILES string of the molecule is C[C@H]1[C@H](C)CCC[C@H]1NC(=O)[C@H](C)OC(=O)c1cccnc1S[C@@H](C)C(=O)N[C@@H]1CCC[C@@H](C)[C@@H]1C. The minimum Gasteiger partial charge on any atom is -0.449 e. The average molecular weight is 518 g/mol. The van der Waals surface area contributed by atoms with E-state index in [4.69, 9.17) is 4.74 Å². The lowest BCUT2D eigenvalue weighted by molar-refractivity contribution is -0.130. The molecule has 1 heterocycles. The Morgan fingerprint density at radius 3 is 2.06 bits per heavy atom. The molecule has 1 aromatic rings. The van der Waals surface area contributed by atoms with Gasteiger partial charge in [0, 0.05) is 18.3 Å². The molecule has 200 valence electrons. The van der Waals surface area contributed by atoms with Gasteiger partial charge in [-0.05, 0) is 62.5 Å². The fourth-order valence-corrected chi connectivity index (χ4v) is 6.22. The Labute approximate surface area is 220 Å². The molecule has 3 rings (SSSR count). The summed E-state index contributed by atoms with van der Waals surface area (Å²) in [6.45, 7) is 12.2. The third-order valence-corrected chi connectivity index (χ3v) is 9.49. The van der Waals surface area contributed by atoms with Crippen molar-refractivity contribution in [2.45, 2.75) is 109 Å². The van der Waals surface area contributed by atoms with E-state index in [1.807, 2.05) is 6.92 Å². The Kier molecular flexibility index (Phi) is 10.2. The lowest BCUT2D eigenvalue weighted by atomic mass is 9.78. The molecule has 0 bridgehead atoms. The summed E-state index contributed by atoms with van der Waals surface area (Å²) < 4.78 is 5.53. The molecule has 2 N–H and O–H groups in total. The highest BCUT2D eigenvalue weighted by molar-refractivity contribution is 8.00. The summed E-state index contributed by atoms with van der Waals surface area (Å²) >= 11 is 1.24. The zero-order chi connectivity index (χ0) is 26.4. The molecule has 2 aliphatic rings. The second kappa shape index (κ2) is 12.9. The van der Waals surface area contributed by atoms with E-state index in [2.05, 4.69) is 43.3 Å². The highest BCUT2D eigenvalue weighted by atomic mass is 32.2. The van der Waals surface area contributed by atoms with Gasteiger partial charge in [0.25, 0.3) is 5.91 Å². The predicted molar refractivity (Wildman–Crippen MR) is 143 cm³/mol. The maximum absolute atomic E-state index is 13.0. The van der Waals surface area contributed by atoms with Crippen molar-refractivity contribution in [3.63, 3.8) is 0 Å². The quantitative estimate of drug-likeness (QED) is 0.372. The maximum atomic E-state index is 13.0. The summed E-state index contributed by atoms with van der Waals surface area (Å²) in [5.74, 6) is 1.03. The van der Waals surface area contributed by atoms with Gasteiger partial charge < -0.3 is 15.4 Å². The first-order chi connectivity index (χ1) is 17.1. The van der Waals surface area contributed by atoms with Gasteiger partial charge in [-0.2, -0.15) is 0 Å². The molecule has 0 radical (unpaired) electrons. The van der Waals surface area contributed by atoms with E-state index in [1.165, 1.54) is 24.6 Å². The molecule has 0 unspecified atom stereocenters. The topological polar surface area (TPSA) is 97.4 Å². The van der Waals surface area contributed by atoms with Crippen molar-refractivity contribution in [2.24, 2.45) is 23.7 Å². The van der Waals surface area contributed by atoms with Gasteiger partial charge in [0.2, 0.25) is 5.91 Å². The zero-order valence-electron chi connectivity index (χ0n) is 22.6. The van der Waals surface area contributed by atoms with E-state index in [0.717, 1.165) is 25.7 Å². The molecule has 2 saturated carbocycles. The highest BCUT2D eigenvalue weighted by Crippen LogP contribution is 2.31. The molecule has 0 spiro atoms. The van der Waals surface area contributed by atoms with Crippen molar-refractivity contribution in [3.8, 4) is 0 Å². The number of rotatable bonds is 8. The molecule has 1 aromatic heterocycles. The van der Waals surface area contributed by atoms with E-state index in [-0.39, 0.29) is 29.5 Å². The van der Waals surface area contributed by atoms with E-state index in [9.17, 15) is 14.4 Å². The van der Waals surface area contributed by atoms with Crippen LogP contribution in [-0.2, 0) is 14.3 Å². The number of carbonyl (C=O) groups excluding carboxylic acids is 3. The third kappa shape index (κ3) is 7.24. The first kappa shape index (κ1) is 28.5. The van der Waals surface area contributed by atoms with Crippen molar-refractivity contribution in [3.05, 3.63) is 23.9 Å². The number of esters is 1. The fraction of sp³-hybridized carbons (Fsp3) is 0.714. The van der Waals surface area contributed by atoms with Crippen molar-refractivity contribution in [1.29, 1.82) is 0 Å². The molecule has 2 fully saturated rings. The summed E-state index contributed by atoms with van der Waals surface area (Å²) in [5.41, 5.74) is 0.265. The molecule has 0 aromatic carbocycles. The predicted octanol–water partition coefficient (Wildman–Crippen LogP) is 4.99. The number of thioether (sulfide) groups is 1. The van der Waals surface area contributed by atoms with Crippen LogP contribution in [0.1, 0.15) is 90.4 Å². The third-order valence-electron chi connectivity index (χ3n) is 8.37. The largest absolute Gasteiger partial charge is 0.449 e. The van der Waals surface area contributed by atoms with Gasteiger partial charge in [-0.1, -0.05) is 65.1 Å². The van der Waals surface area contributed by atoms with Crippen LogP contribution < -0.4 is 10.6 Å². The summed E-state index contributed by atoms with van der Waals surface area (Å²) in [6, 6.07) is 3.56. The minimum atomic E-state index is -0.921. The number of carbonyl (C=O) groups is 3. The molecular formula is C28H43N3O4S. The zero-order valence-corrected chi connectivity index (χ0v) is 23.4. The Balaban J connectivity index is 1.58. The van der Waals surface area contributed by atoms with Gasteiger partial charge in [-0.25, -0.2) is 9.78 Å². The lowest BCUT2D eigenvalue weighted by Gasteiger charge is -2.35. The number of amides is 2. The van der Waals surface area contributed by atoms with E-state index in [0.29, 0.717) is 28.7 Å². The van der Waals surface area contributed by atoms with Gasteiger partial charge in [0.05, 0.1) is 10.8 Å². The van der Waals surface area contributed by atoms with Crippen LogP contribution in [0.25, 0.3) is 0 Å². The second-order valence-electron chi connectivity index (χ2n) is 10.9. The summed E-state index contributed by atoms with van der Waals surface area (Å²) in [7, 11) is 0. The summed E-state index contributed by atoms with van der Waals surface area (Å²) in [4.78, 5) is 43.0. The highest BCUT2D eigenvalue weighted by Gasteiger charge is 2.32. The van der Waals surface area contributed by atoms with Gasteiger partial charge in [-0.15, -0.1) is 0 Å². The molecule has 2 amide bonds. The van der Waals surface area contributed by atoms with Crippen molar-refractivity contribution in [2.75, 3.05) is 0 Å². The van der Waals surface area contributed by atoms with Crippen molar-refractivity contribution in [1.82, 2.24) is 15.6 Å². The van der Waals surface area contributed by atoms with Gasteiger partial charge >= 0.3 is 5.97 Å². The van der Waals surface area contributed by atoms with Gasteiger partial charge in [-0.3, -0.25) is 9.59 Å². The Morgan fingerprint density at radius 2 is 1.47 bits per heavy atom. The number of hydrogen-bond donors (Lipinski definition) is 2. The number of pyridine rings is 1. The Hall–Kier alpha value is -2.09. The normalized spacial score (nSPS) is 30.1. The van der Waals surface area contributed by atoms with Crippen LogP contribution in [0, 0.1) is 23.7 Å². The Morgan fingerprint density at radius 1 is 0.917 bits per heavy atom. The summed E-state index contributed by atoms with van der Waals surface area (Å²) in [6.07, 6.45) is 7.20. The monoisotopic (exact) mass is 517 g/mol. The number of hydrogen-bond acceptors (Lipinski definition) is 6. The smallest absolute Gasteiger partial charge is 0.341 e. The minimum absolute atomic E-state index is 0.0560. The van der Waals surface area contributed by atoms with Gasteiger partial charge in [0.15, 0.2) is 6.10 Å². The van der Waals surface area contributed by atoms with E-state index in [1.54, 1.807) is 25.3 Å². The molecule has 0 saturated heterocycles. The molecule has 8 atom stereocenters. The van der Waals surface area contributed by atoms with Crippen LogP contribution in [-0.4, -0.2) is 46.2 Å². The van der Waals surface area contributed by atoms with Crippen molar-refractivity contribution >= 4 is 29.5 Å². The summed E-state index contributed by atoms with van der Waals surface area (Å²) in [5, 5.41) is 6.28. The molecule has 8 heteroatoms. The molecule has 7 nitrogen and oxygen atoms in total. The van der Waals surface area contributed by atoms with Crippen LogP contribution in [0.5, 0.6) is 0 Å². The number of ether oxygens (including phenoxy) is 1. The molecular weight excluding hydrogens is 474 g/mol.